The van der Waals surface area contributed by atoms with Crippen LogP contribution in [0.5, 0.6) is 0 Å². The number of hydrogen-bond acceptors (Lipinski definition) is 4. The highest BCUT2D eigenvalue weighted by atomic mass is 35.5. The Bertz CT molecular complexity index is 1200. The molecule has 0 bridgehead atoms. The molecule has 2 aromatic heterocycles. The third-order valence-corrected chi connectivity index (χ3v) is 5.51. The van der Waals surface area contributed by atoms with E-state index in [0.29, 0.717) is 35.9 Å². The summed E-state index contributed by atoms with van der Waals surface area (Å²) < 4.78 is 3.59. The van der Waals surface area contributed by atoms with Gasteiger partial charge in [0.25, 0.3) is 5.91 Å². The fourth-order valence-electron chi connectivity index (χ4n) is 3.58. The number of halogens is 1. The van der Waals surface area contributed by atoms with E-state index in [9.17, 15) is 4.79 Å². The molecule has 4 rings (SSSR count). The van der Waals surface area contributed by atoms with Crippen molar-refractivity contribution in [3.63, 3.8) is 0 Å². The van der Waals surface area contributed by atoms with Crippen LogP contribution in [0, 0.1) is 13.8 Å². The molecule has 8 heteroatoms. The van der Waals surface area contributed by atoms with Crippen LogP contribution in [0.25, 0.3) is 0 Å². The molecule has 0 spiro atoms. The van der Waals surface area contributed by atoms with Crippen LogP contribution in [-0.4, -0.2) is 30.5 Å². The van der Waals surface area contributed by atoms with Crippen LogP contribution in [0.1, 0.15) is 38.4 Å². The van der Waals surface area contributed by atoms with Crippen LogP contribution in [0.3, 0.4) is 0 Å². The maximum absolute atomic E-state index is 12.9. The summed E-state index contributed by atoms with van der Waals surface area (Å²) in [5.74, 6) is -0.137. The summed E-state index contributed by atoms with van der Waals surface area (Å²) in [5.41, 5.74) is 5.19. The van der Waals surface area contributed by atoms with Gasteiger partial charge in [0.15, 0.2) is 0 Å². The molecule has 0 saturated carbocycles. The van der Waals surface area contributed by atoms with E-state index in [-0.39, 0.29) is 5.91 Å². The monoisotopic (exact) mass is 434 g/mol. The van der Waals surface area contributed by atoms with E-state index in [1.165, 1.54) is 6.33 Å². The molecule has 4 aromatic rings. The molecule has 0 fully saturated rings. The second kappa shape index (κ2) is 9.14. The van der Waals surface area contributed by atoms with E-state index in [2.05, 4.69) is 26.6 Å². The molecule has 1 N–H and O–H groups in total. The first kappa shape index (κ1) is 20.8. The first-order valence-corrected chi connectivity index (χ1v) is 10.3. The number of rotatable bonds is 7. The van der Waals surface area contributed by atoms with Crippen LogP contribution < -0.4 is 5.32 Å². The summed E-state index contributed by atoms with van der Waals surface area (Å²) in [5, 5.41) is 12.4. The van der Waals surface area contributed by atoms with Gasteiger partial charge in [0, 0.05) is 17.3 Å². The third kappa shape index (κ3) is 4.83. The first-order chi connectivity index (χ1) is 15.0. The van der Waals surface area contributed by atoms with Gasteiger partial charge in [-0.2, -0.15) is 10.2 Å². The van der Waals surface area contributed by atoms with Gasteiger partial charge in [-0.3, -0.25) is 9.48 Å². The van der Waals surface area contributed by atoms with Crippen LogP contribution in [0.4, 0.5) is 0 Å². The second-order valence-electron chi connectivity index (χ2n) is 7.39. The Hall–Kier alpha value is -3.45. The van der Waals surface area contributed by atoms with Gasteiger partial charge in [-0.15, -0.1) is 0 Å². The number of carbonyl (C=O) groups excluding carboxylic acids is 1. The van der Waals surface area contributed by atoms with E-state index in [1.54, 1.807) is 11.0 Å². The predicted octanol–water partition coefficient (Wildman–Crippen LogP) is 3.77. The average molecular weight is 435 g/mol. The maximum atomic E-state index is 12.9. The van der Waals surface area contributed by atoms with Crippen molar-refractivity contribution in [2.75, 3.05) is 0 Å². The lowest BCUT2D eigenvalue weighted by Crippen LogP contribution is -2.24. The number of hydrogen-bond donors (Lipinski definition) is 1. The Morgan fingerprint density at radius 2 is 1.87 bits per heavy atom. The Balaban J connectivity index is 1.44. The van der Waals surface area contributed by atoms with Crippen molar-refractivity contribution in [1.82, 2.24) is 29.9 Å². The molecule has 2 heterocycles. The molecule has 0 aliphatic carbocycles. The zero-order valence-corrected chi connectivity index (χ0v) is 18.2. The van der Waals surface area contributed by atoms with Crippen molar-refractivity contribution in [1.29, 1.82) is 0 Å². The molecule has 0 aliphatic rings. The molecule has 2 aromatic carbocycles. The second-order valence-corrected chi connectivity index (χ2v) is 7.80. The molecular weight excluding hydrogens is 412 g/mol. The third-order valence-electron chi connectivity index (χ3n) is 5.14. The fourth-order valence-corrected chi connectivity index (χ4v) is 3.77. The molecule has 0 saturated heterocycles. The zero-order chi connectivity index (χ0) is 21.8. The standard InChI is InChI=1S/C23H23ClN6O/c1-16-22(17(2)30(28-16)13-20-8-3-4-9-21(20)24)23(31)26-11-18-6-5-7-19(10-18)12-29-15-25-14-27-29/h3-10,14-15H,11-13H2,1-2H3,(H,26,31). The van der Waals surface area contributed by atoms with Gasteiger partial charge in [0.2, 0.25) is 0 Å². The minimum Gasteiger partial charge on any atom is -0.348 e. The van der Waals surface area contributed by atoms with Crippen molar-refractivity contribution in [3.8, 4) is 0 Å². The quantitative estimate of drug-likeness (QED) is 0.480. The Morgan fingerprint density at radius 1 is 1.06 bits per heavy atom. The van der Waals surface area contributed by atoms with Gasteiger partial charge < -0.3 is 5.32 Å². The summed E-state index contributed by atoms with van der Waals surface area (Å²) in [6, 6.07) is 15.7. The lowest BCUT2D eigenvalue weighted by Gasteiger charge is -2.09. The molecule has 31 heavy (non-hydrogen) atoms. The first-order valence-electron chi connectivity index (χ1n) is 9.97. The molecule has 7 nitrogen and oxygen atoms in total. The smallest absolute Gasteiger partial charge is 0.255 e. The zero-order valence-electron chi connectivity index (χ0n) is 17.4. The molecular formula is C23H23ClN6O. The number of nitrogens with one attached hydrogen (secondary N) is 1. The number of nitrogens with zero attached hydrogens (tertiary/aromatic N) is 5. The van der Waals surface area contributed by atoms with E-state index in [1.807, 2.05) is 61.0 Å². The van der Waals surface area contributed by atoms with E-state index >= 15 is 0 Å². The number of benzene rings is 2. The summed E-state index contributed by atoms with van der Waals surface area (Å²) in [6.07, 6.45) is 3.20. The Kier molecular flexibility index (Phi) is 6.13. The molecule has 0 radical (unpaired) electrons. The minimum atomic E-state index is -0.137. The molecule has 158 valence electrons. The number of aryl methyl sites for hydroxylation is 1. The van der Waals surface area contributed by atoms with Gasteiger partial charge in [0.05, 0.1) is 24.3 Å². The average Bonchev–Trinajstić information content (AvgIpc) is 3.36. The van der Waals surface area contributed by atoms with Crippen LogP contribution in [0.2, 0.25) is 5.02 Å². The largest absolute Gasteiger partial charge is 0.348 e. The number of aromatic nitrogens is 5. The van der Waals surface area contributed by atoms with E-state index in [4.69, 9.17) is 11.6 Å². The van der Waals surface area contributed by atoms with Gasteiger partial charge in [-0.1, -0.05) is 54.1 Å². The molecule has 0 atom stereocenters. The van der Waals surface area contributed by atoms with Crippen LogP contribution in [0.15, 0.2) is 61.2 Å². The fraction of sp³-hybridized carbons (Fsp3) is 0.217. The highest BCUT2D eigenvalue weighted by Crippen LogP contribution is 2.19. The van der Waals surface area contributed by atoms with Crippen molar-refractivity contribution < 1.29 is 4.79 Å². The molecule has 1 amide bonds. The normalized spacial score (nSPS) is 10.9. The van der Waals surface area contributed by atoms with Crippen molar-refractivity contribution in [2.45, 2.75) is 33.5 Å². The summed E-state index contributed by atoms with van der Waals surface area (Å²) >= 11 is 6.28. The van der Waals surface area contributed by atoms with Gasteiger partial charge in [0.1, 0.15) is 12.7 Å². The highest BCUT2D eigenvalue weighted by molar-refractivity contribution is 6.31. The van der Waals surface area contributed by atoms with Crippen LogP contribution in [-0.2, 0) is 19.6 Å². The number of carbonyl (C=O) groups is 1. The van der Waals surface area contributed by atoms with Crippen molar-refractivity contribution in [3.05, 3.63) is 99.8 Å². The van der Waals surface area contributed by atoms with E-state index in [0.717, 1.165) is 22.4 Å². The lowest BCUT2D eigenvalue weighted by atomic mass is 10.1. The van der Waals surface area contributed by atoms with E-state index < -0.39 is 0 Å². The van der Waals surface area contributed by atoms with Crippen molar-refractivity contribution >= 4 is 17.5 Å². The SMILES string of the molecule is Cc1nn(Cc2ccccc2Cl)c(C)c1C(=O)NCc1cccc(Cn2cncn2)c1. The van der Waals surface area contributed by atoms with Gasteiger partial charge >= 0.3 is 0 Å². The highest BCUT2D eigenvalue weighted by Gasteiger charge is 2.19. The number of amides is 1. The predicted molar refractivity (Wildman–Crippen MR) is 119 cm³/mol. The van der Waals surface area contributed by atoms with Crippen LogP contribution >= 0.6 is 11.6 Å². The topological polar surface area (TPSA) is 77.6 Å². The minimum absolute atomic E-state index is 0.137. The Labute approximate surface area is 185 Å². The molecule has 0 unspecified atom stereocenters. The summed E-state index contributed by atoms with van der Waals surface area (Å²) in [7, 11) is 0. The van der Waals surface area contributed by atoms with Gasteiger partial charge in [-0.25, -0.2) is 9.67 Å². The maximum Gasteiger partial charge on any atom is 0.255 e. The van der Waals surface area contributed by atoms with Crippen molar-refractivity contribution in [2.24, 2.45) is 0 Å². The summed E-state index contributed by atoms with van der Waals surface area (Å²) in [4.78, 5) is 16.9. The lowest BCUT2D eigenvalue weighted by molar-refractivity contribution is 0.0949. The molecule has 0 aliphatic heterocycles. The van der Waals surface area contributed by atoms with Gasteiger partial charge in [-0.05, 0) is 36.6 Å². The Morgan fingerprint density at radius 3 is 2.65 bits per heavy atom. The summed E-state index contributed by atoms with van der Waals surface area (Å²) in [6.45, 7) is 5.34.